The molecule has 0 spiro atoms. The maximum absolute atomic E-state index is 4.22. The van der Waals surface area contributed by atoms with Gasteiger partial charge in [0.15, 0.2) is 0 Å². The van der Waals surface area contributed by atoms with Gasteiger partial charge in [0, 0.05) is 19.8 Å². The highest BCUT2D eigenvalue weighted by molar-refractivity contribution is 5.79. The van der Waals surface area contributed by atoms with E-state index in [1.165, 1.54) is 0 Å². The zero-order valence-corrected chi connectivity index (χ0v) is 11.3. The molecule has 0 aliphatic rings. The Morgan fingerprint density at radius 1 is 1.42 bits per heavy atom. The van der Waals surface area contributed by atoms with Gasteiger partial charge in [-0.1, -0.05) is 36.1 Å². The average molecular weight is 254 g/mol. The Labute approximate surface area is 113 Å². The highest BCUT2D eigenvalue weighted by Crippen LogP contribution is 2.16. The molecule has 98 valence electrons. The van der Waals surface area contributed by atoms with Crippen LogP contribution in [0, 0.1) is 0 Å². The number of nitrogens with zero attached hydrogens (tertiary/aromatic N) is 4. The van der Waals surface area contributed by atoms with Crippen LogP contribution in [0.4, 0.5) is 0 Å². The quantitative estimate of drug-likeness (QED) is 0.769. The smallest absolute Gasteiger partial charge is 0.113 e. The molecule has 0 N–H and O–H groups in total. The summed E-state index contributed by atoms with van der Waals surface area (Å²) < 4.78 is 1.83. The summed E-state index contributed by atoms with van der Waals surface area (Å²) in [6, 6.07) is 7.91. The first-order chi connectivity index (χ1) is 9.26. The summed E-state index contributed by atoms with van der Waals surface area (Å²) in [4.78, 5) is 2.10. The molecule has 0 bridgehead atoms. The molecule has 4 nitrogen and oxygen atoms in total. The van der Waals surface area contributed by atoms with E-state index in [4.69, 9.17) is 0 Å². The SMILES string of the molecule is C=C/C=C\C(=C/N(C)CC)n1nnc2ccccc21. The molecule has 4 heteroatoms. The summed E-state index contributed by atoms with van der Waals surface area (Å²) in [6.45, 7) is 6.73. The lowest BCUT2D eigenvalue weighted by atomic mass is 10.3. The minimum Gasteiger partial charge on any atom is -0.379 e. The topological polar surface area (TPSA) is 34.0 Å². The summed E-state index contributed by atoms with van der Waals surface area (Å²) in [5.41, 5.74) is 2.84. The molecule has 1 aromatic carbocycles. The lowest BCUT2D eigenvalue weighted by Gasteiger charge is -2.12. The Hall–Kier alpha value is -2.36. The second kappa shape index (κ2) is 6.00. The summed E-state index contributed by atoms with van der Waals surface area (Å²) in [5, 5.41) is 8.40. The highest BCUT2D eigenvalue weighted by Gasteiger charge is 2.06. The molecule has 0 saturated carbocycles. The normalized spacial score (nSPS) is 12.2. The Balaban J connectivity index is 2.51. The van der Waals surface area contributed by atoms with Crippen LogP contribution in [0.2, 0.25) is 0 Å². The van der Waals surface area contributed by atoms with Crippen LogP contribution in [0.25, 0.3) is 16.7 Å². The third-order valence-electron chi connectivity index (χ3n) is 2.85. The van der Waals surface area contributed by atoms with E-state index in [-0.39, 0.29) is 0 Å². The summed E-state index contributed by atoms with van der Waals surface area (Å²) in [5.74, 6) is 0. The second-order valence-corrected chi connectivity index (χ2v) is 4.21. The van der Waals surface area contributed by atoms with Gasteiger partial charge < -0.3 is 4.90 Å². The van der Waals surface area contributed by atoms with Crippen molar-refractivity contribution in [3.05, 3.63) is 55.3 Å². The minimum absolute atomic E-state index is 0.888. The predicted molar refractivity (Wildman–Crippen MR) is 79.4 cm³/mol. The van der Waals surface area contributed by atoms with Crippen LogP contribution in [-0.4, -0.2) is 33.5 Å². The van der Waals surface area contributed by atoms with Gasteiger partial charge >= 0.3 is 0 Å². The predicted octanol–water partition coefficient (Wildman–Crippen LogP) is 2.92. The van der Waals surface area contributed by atoms with E-state index in [0.717, 1.165) is 23.3 Å². The number of aromatic nitrogens is 3. The van der Waals surface area contributed by atoms with Gasteiger partial charge in [0.25, 0.3) is 0 Å². The number of benzene rings is 1. The standard InChI is InChI=1S/C15H18N4/c1-4-6-9-13(12-18(3)5-2)19-15-11-8-7-10-14(15)16-17-19/h4,6-12H,1,5H2,2-3H3/b9-6-,13-12+. The van der Waals surface area contributed by atoms with Gasteiger partial charge in [-0.25, -0.2) is 4.68 Å². The molecular weight excluding hydrogens is 236 g/mol. The Morgan fingerprint density at radius 3 is 2.95 bits per heavy atom. The fourth-order valence-corrected chi connectivity index (χ4v) is 1.71. The van der Waals surface area contributed by atoms with Crippen LogP contribution in [0.5, 0.6) is 0 Å². The van der Waals surface area contributed by atoms with Crippen molar-refractivity contribution >= 4 is 16.7 Å². The van der Waals surface area contributed by atoms with E-state index in [1.807, 2.05) is 54.3 Å². The van der Waals surface area contributed by atoms with Gasteiger partial charge in [0.05, 0.1) is 11.2 Å². The third kappa shape index (κ3) is 2.91. The zero-order valence-electron chi connectivity index (χ0n) is 11.3. The number of hydrogen-bond acceptors (Lipinski definition) is 3. The molecule has 0 saturated heterocycles. The molecule has 0 amide bonds. The first-order valence-electron chi connectivity index (χ1n) is 6.28. The maximum Gasteiger partial charge on any atom is 0.113 e. The molecule has 0 aliphatic carbocycles. The largest absolute Gasteiger partial charge is 0.379 e. The fraction of sp³-hybridized carbons (Fsp3) is 0.200. The lowest BCUT2D eigenvalue weighted by Crippen LogP contribution is -2.11. The molecule has 0 unspecified atom stereocenters. The van der Waals surface area contributed by atoms with Gasteiger partial charge in [0.1, 0.15) is 5.52 Å². The molecule has 19 heavy (non-hydrogen) atoms. The Morgan fingerprint density at radius 2 is 2.21 bits per heavy atom. The van der Waals surface area contributed by atoms with Crippen LogP contribution >= 0.6 is 0 Å². The highest BCUT2D eigenvalue weighted by atomic mass is 15.4. The minimum atomic E-state index is 0.888. The first kappa shape index (κ1) is 13.1. The van der Waals surface area contributed by atoms with Crippen LogP contribution in [0.15, 0.2) is 55.3 Å². The molecule has 0 radical (unpaired) electrons. The van der Waals surface area contributed by atoms with Crippen LogP contribution in [-0.2, 0) is 0 Å². The van der Waals surface area contributed by atoms with Crippen molar-refractivity contribution in [3.63, 3.8) is 0 Å². The summed E-state index contributed by atoms with van der Waals surface area (Å²) in [7, 11) is 2.03. The molecule has 2 rings (SSSR count). The number of para-hydroxylation sites is 1. The maximum atomic E-state index is 4.22. The van der Waals surface area contributed by atoms with Crippen molar-refractivity contribution < 1.29 is 0 Å². The molecule has 0 atom stereocenters. The van der Waals surface area contributed by atoms with Gasteiger partial charge in [-0.3, -0.25) is 0 Å². The Kier molecular flexibility index (Phi) is 4.13. The van der Waals surface area contributed by atoms with E-state index < -0.39 is 0 Å². The van der Waals surface area contributed by atoms with Crippen molar-refractivity contribution in [1.29, 1.82) is 0 Å². The van der Waals surface area contributed by atoms with Crippen LogP contribution in [0.1, 0.15) is 6.92 Å². The number of allylic oxidation sites excluding steroid dienone is 4. The average Bonchev–Trinajstić information content (AvgIpc) is 2.87. The molecule has 1 aromatic heterocycles. The molecule has 2 aromatic rings. The fourth-order valence-electron chi connectivity index (χ4n) is 1.71. The molecular formula is C15H18N4. The lowest BCUT2D eigenvalue weighted by molar-refractivity contribution is 0.483. The van der Waals surface area contributed by atoms with E-state index in [2.05, 4.69) is 28.7 Å². The molecule has 1 heterocycles. The zero-order chi connectivity index (χ0) is 13.7. The van der Waals surface area contributed by atoms with Gasteiger partial charge in [0.2, 0.25) is 0 Å². The van der Waals surface area contributed by atoms with Crippen molar-refractivity contribution in [3.8, 4) is 0 Å². The van der Waals surface area contributed by atoms with Crippen LogP contribution < -0.4 is 0 Å². The number of fused-ring (bicyclic) bond motifs is 1. The van der Waals surface area contributed by atoms with Crippen molar-refractivity contribution in [1.82, 2.24) is 19.9 Å². The Bertz CT molecular complexity index is 622. The van der Waals surface area contributed by atoms with E-state index in [9.17, 15) is 0 Å². The molecule has 0 aliphatic heterocycles. The van der Waals surface area contributed by atoms with Gasteiger partial charge in [-0.2, -0.15) is 0 Å². The van der Waals surface area contributed by atoms with Gasteiger partial charge in [-0.15, -0.1) is 5.10 Å². The second-order valence-electron chi connectivity index (χ2n) is 4.21. The summed E-state index contributed by atoms with van der Waals surface area (Å²) >= 11 is 0. The number of rotatable bonds is 5. The van der Waals surface area contributed by atoms with Crippen LogP contribution in [0.3, 0.4) is 0 Å². The van der Waals surface area contributed by atoms with Gasteiger partial charge in [-0.05, 0) is 25.1 Å². The monoisotopic (exact) mass is 254 g/mol. The van der Waals surface area contributed by atoms with Crippen molar-refractivity contribution in [2.75, 3.05) is 13.6 Å². The van der Waals surface area contributed by atoms with Crippen molar-refractivity contribution in [2.24, 2.45) is 0 Å². The van der Waals surface area contributed by atoms with E-state index in [0.29, 0.717) is 0 Å². The molecule has 0 fully saturated rings. The third-order valence-corrected chi connectivity index (χ3v) is 2.85. The first-order valence-corrected chi connectivity index (χ1v) is 6.28. The summed E-state index contributed by atoms with van der Waals surface area (Å²) in [6.07, 6.45) is 7.66. The number of hydrogen-bond donors (Lipinski definition) is 0. The van der Waals surface area contributed by atoms with E-state index in [1.54, 1.807) is 6.08 Å². The van der Waals surface area contributed by atoms with Crippen molar-refractivity contribution in [2.45, 2.75) is 6.92 Å². The van der Waals surface area contributed by atoms with E-state index >= 15 is 0 Å².